The van der Waals surface area contributed by atoms with Gasteiger partial charge < -0.3 is 9.84 Å². The zero-order chi connectivity index (χ0) is 21.6. The maximum atomic E-state index is 13.5. The number of nitrogens with zero attached hydrogens (tertiary/aromatic N) is 4. The van der Waals surface area contributed by atoms with Crippen LogP contribution in [0.15, 0.2) is 9.32 Å². The molecule has 3 aromatic rings. The second kappa shape index (κ2) is 7.85. The van der Waals surface area contributed by atoms with Crippen LogP contribution in [-0.4, -0.2) is 25.6 Å². The lowest BCUT2D eigenvalue weighted by atomic mass is 9.81. The molecule has 164 valence electrons. The minimum atomic E-state index is -0.630. The van der Waals surface area contributed by atoms with Crippen molar-refractivity contribution in [2.45, 2.75) is 83.7 Å². The van der Waals surface area contributed by atoms with Gasteiger partial charge in [-0.25, -0.2) is 4.98 Å². The average Bonchev–Trinajstić information content (AvgIpc) is 3.25. The maximum absolute atomic E-state index is 13.5. The van der Waals surface area contributed by atoms with Gasteiger partial charge in [0.1, 0.15) is 16.2 Å². The van der Waals surface area contributed by atoms with E-state index in [1.165, 1.54) is 11.3 Å². The van der Waals surface area contributed by atoms with Crippen molar-refractivity contribution in [3.05, 3.63) is 38.3 Å². The van der Waals surface area contributed by atoms with E-state index in [0.717, 1.165) is 63.6 Å². The molecule has 1 amide bonds. The van der Waals surface area contributed by atoms with Crippen LogP contribution in [0.2, 0.25) is 0 Å². The summed E-state index contributed by atoms with van der Waals surface area (Å²) in [5.74, 6) is 1.69. The quantitative estimate of drug-likeness (QED) is 0.664. The summed E-state index contributed by atoms with van der Waals surface area (Å²) in [6.07, 6.45) is 8.62. The molecule has 31 heavy (non-hydrogen) atoms. The molecule has 9 heteroatoms. The van der Waals surface area contributed by atoms with Crippen molar-refractivity contribution in [2.75, 3.05) is 0 Å². The molecular formula is C22H27N5O3S. The third kappa shape index (κ3) is 3.48. The number of hydrogen-bond acceptors (Lipinski definition) is 7. The van der Waals surface area contributed by atoms with Crippen LogP contribution in [-0.2, 0) is 18.5 Å². The van der Waals surface area contributed by atoms with Crippen molar-refractivity contribution in [3.63, 3.8) is 0 Å². The molecule has 2 aliphatic rings. The van der Waals surface area contributed by atoms with Crippen LogP contribution in [0.5, 0.6) is 0 Å². The molecule has 1 N–H and O–H groups in total. The molecule has 0 unspecified atom stereocenters. The number of aromatic nitrogens is 4. The lowest BCUT2D eigenvalue weighted by Gasteiger charge is -2.35. The molecule has 1 saturated carbocycles. The number of rotatable bonds is 3. The van der Waals surface area contributed by atoms with Gasteiger partial charge in [0.2, 0.25) is 5.89 Å². The van der Waals surface area contributed by atoms with Gasteiger partial charge in [0.05, 0.1) is 10.3 Å². The van der Waals surface area contributed by atoms with E-state index in [4.69, 9.17) is 9.51 Å². The number of carbonyl (C=O) groups is 1. The molecule has 4 heterocycles. The third-order valence-electron chi connectivity index (χ3n) is 6.63. The number of amides is 1. The molecule has 0 spiro atoms. The Morgan fingerprint density at radius 2 is 1.87 bits per heavy atom. The summed E-state index contributed by atoms with van der Waals surface area (Å²) in [4.78, 5) is 37.1. The van der Waals surface area contributed by atoms with Gasteiger partial charge in [-0.15, -0.1) is 11.3 Å². The van der Waals surface area contributed by atoms with E-state index in [0.29, 0.717) is 38.9 Å². The summed E-state index contributed by atoms with van der Waals surface area (Å²) >= 11 is 1.31. The largest absolute Gasteiger partial charge is 0.340 e. The van der Waals surface area contributed by atoms with E-state index in [-0.39, 0.29) is 11.5 Å². The van der Waals surface area contributed by atoms with E-state index in [1.54, 1.807) is 11.5 Å². The van der Waals surface area contributed by atoms with Gasteiger partial charge in [0.15, 0.2) is 5.82 Å². The molecule has 8 nitrogen and oxygen atoms in total. The van der Waals surface area contributed by atoms with Crippen LogP contribution >= 0.6 is 11.3 Å². The number of fused-ring (bicyclic) bond motifs is 2. The van der Waals surface area contributed by atoms with Gasteiger partial charge >= 0.3 is 0 Å². The highest BCUT2D eigenvalue weighted by Gasteiger charge is 2.40. The lowest BCUT2D eigenvalue weighted by Crippen LogP contribution is -2.48. The molecule has 0 bridgehead atoms. The van der Waals surface area contributed by atoms with Gasteiger partial charge in [-0.1, -0.05) is 30.8 Å². The van der Waals surface area contributed by atoms with E-state index < -0.39 is 5.54 Å². The second-order valence-corrected chi connectivity index (χ2v) is 9.76. The SMILES string of the molecule is Cc1nc(C2(NC(=O)c3sc4nc5n(c(=O)c4c3C)CCCCC5)CCCCC2)no1. The Labute approximate surface area is 184 Å². The van der Waals surface area contributed by atoms with E-state index in [9.17, 15) is 9.59 Å². The standard InChI is InChI=1S/C22H27N5O3S/c1-13-16-19(24-15-9-5-3-8-12-27(15)20(16)29)31-17(13)18(28)25-22(10-6-4-7-11-22)21-23-14(2)30-26-21/h3-12H2,1-2H3,(H,25,28). The first-order valence-corrected chi connectivity index (χ1v) is 12.0. The van der Waals surface area contributed by atoms with Crippen molar-refractivity contribution >= 4 is 27.5 Å². The highest BCUT2D eigenvalue weighted by Crippen LogP contribution is 2.37. The van der Waals surface area contributed by atoms with Gasteiger partial charge in [-0.2, -0.15) is 4.98 Å². The number of hydrogen-bond donors (Lipinski definition) is 1. The number of carbonyl (C=O) groups excluding carboxylic acids is 1. The summed E-state index contributed by atoms with van der Waals surface area (Å²) in [6.45, 7) is 4.31. The van der Waals surface area contributed by atoms with Crippen LogP contribution in [0, 0.1) is 13.8 Å². The van der Waals surface area contributed by atoms with Crippen molar-refractivity contribution in [1.29, 1.82) is 0 Å². The molecule has 1 fully saturated rings. The summed E-state index contributed by atoms with van der Waals surface area (Å²) in [7, 11) is 0. The van der Waals surface area contributed by atoms with Crippen molar-refractivity contribution < 1.29 is 9.32 Å². The minimum Gasteiger partial charge on any atom is -0.340 e. The van der Waals surface area contributed by atoms with Crippen molar-refractivity contribution in [2.24, 2.45) is 0 Å². The molecule has 0 atom stereocenters. The molecule has 0 saturated heterocycles. The monoisotopic (exact) mass is 441 g/mol. The fourth-order valence-corrected chi connectivity index (χ4v) is 6.04. The average molecular weight is 442 g/mol. The second-order valence-electron chi connectivity index (χ2n) is 8.77. The molecule has 0 radical (unpaired) electrons. The van der Waals surface area contributed by atoms with Crippen molar-refractivity contribution in [3.8, 4) is 0 Å². The Balaban J connectivity index is 1.54. The zero-order valence-electron chi connectivity index (χ0n) is 18.0. The Morgan fingerprint density at radius 3 is 2.61 bits per heavy atom. The van der Waals surface area contributed by atoms with Crippen LogP contribution in [0.1, 0.15) is 84.1 Å². The molecule has 5 rings (SSSR count). The van der Waals surface area contributed by atoms with Crippen molar-refractivity contribution in [1.82, 2.24) is 25.0 Å². The van der Waals surface area contributed by atoms with Crippen LogP contribution < -0.4 is 10.9 Å². The minimum absolute atomic E-state index is 0.0177. The first-order valence-electron chi connectivity index (χ1n) is 11.1. The predicted octanol–water partition coefficient (Wildman–Crippen LogP) is 3.77. The zero-order valence-corrected chi connectivity index (χ0v) is 18.8. The maximum Gasteiger partial charge on any atom is 0.262 e. The van der Waals surface area contributed by atoms with E-state index >= 15 is 0 Å². The topological polar surface area (TPSA) is 103 Å². The summed E-state index contributed by atoms with van der Waals surface area (Å²) in [5.41, 5.74) is 0.0654. The third-order valence-corrected chi connectivity index (χ3v) is 7.82. The number of thiophene rings is 1. The highest BCUT2D eigenvalue weighted by molar-refractivity contribution is 7.20. The van der Waals surface area contributed by atoms with Gasteiger partial charge in [0, 0.05) is 19.9 Å². The summed E-state index contributed by atoms with van der Waals surface area (Å²) < 4.78 is 7.03. The van der Waals surface area contributed by atoms with Crippen LogP contribution in [0.25, 0.3) is 10.2 Å². The lowest BCUT2D eigenvalue weighted by molar-refractivity contribution is 0.0859. The fourth-order valence-electron chi connectivity index (χ4n) is 4.95. The Bertz CT molecular complexity index is 1200. The predicted molar refractivity (Wildman–Crippen MR) is 117 cm³/mol. The Morgan fingerprint density at radius 1 is 1.10 bits per heavy atom. The van der Waals surface area contributed by atoms with Crippen LogP contribution in [0.4, 0.5) is 0 Å². The van der Waals surface area contributed by atoms with Gasteiger partial charge in [-0.05, 0) is 38.2 Å². The van der Waals surface area contributed by atoms with E-state index in [1.807, 2.05) is 6.92 Å². The smallest absolute Gasteiger partial charge is 0.262 e. The summed E-state index contributed by atoms with van der Waals surface area (Å²) in [5, 5.41) is 7.94. The normalized spacial score (nSPS) is 18.5. The molecular weight excluding hydrogens is 414 g/mol. The van der Waals surface area contributed by atoms with E-state index in [2.05, 4.69) is 15.5 Å². The highest BCUT2D eigenvalue weighted by atomic mass is 32.1. The summed E-state index contributed by atoms with van der Waals surface area (Å²) in [6, 6.07) is 0. The Kier molecular flexibility index (Phi) is 5.16. The van der Waals surface area contributed by atoms with Gasteiger partial charge in [0.25, 0.3) is 11.5 Å². The molecule has 0 aromatic carbocycles. The van der Waals surface area contributed by atoms with Crippen LogP contribution in [0.3, 0.4) is 0 Å². The first kappa shape index (κ1) is 20.4. The molecule has 1 aliphatic heterocycles. The number of aryl methyl sites for hydroxylation is 3. The number of nitrogens with one attached hydrogen (secondary N) is 1. The fraction of sp³-hybridized carbons (Fsp3) is 0.591. The Hall–Kier alpha value is -2.55. The first-order chi connectivity index (χ1) is 15.0. The molecule has 3 aromatic heterocycles. The molecule has 1 aliphatic carbocycles. The van der Waals surface area contributed by atoms with Gasteiger partial charge in [-0.3, -0.25) is 14.2 Å².